The van der Waals surface area contributed by atoms with Crippen molar-refractivity contribution in [1.82, 2.24) is 15.0 Å². The fraction of sp³-hybridized carbons (Fsp3) is 0.360. The summed E-state index contributed by atoms with van der Waals surface area (Å²) >= 11 is 1.45. The molecule has 1 aromatic carbocycles. The molecule has 7 nitrogen and oxygen atoms in total. The third-order valence-electron chi connectivity index (χ3n) is 6.60. The molecule has 1 saturated carbocycles. The van der Waals surface area contributed by atoms with Gasteiger partial charge in [0.25, 0.3) is 0 Å². The number of ether oxygens (including phenoxy) is 2. The third-order valence-corrected chi connectivity index (χ3v) is 7.87. The Morgan fingerprint density at radius 1 is 1.26 bits per heavy atom. The van der Waals surface area contributed by atoms with Gasteiger partial charge in [-0.25, -0.2) is 23.7 Å². The summed E-state index contributed by atoms with van der Waals surface area (Å²) in [5.74, 6) is 0.991. The minimum absolute atomic E-state index is 0.0284. The van der Waals surface area contributed by atoms with Crippen LogP contribution in [0.1, 0.15) is 30.2 Å². The molecule has 2 aliphatic rings. The van der Waals surface area contributed by atoms with Crippen LogP contribution in [0.3, 0.4) is 0 Å². The van der Waals surface area contributed by atoms with Gasteiger partial charge in [0.05, 0.1) is 34.3 Å². The van der Waals surface area contributed by atoms with Crippen molar-refractivity contribution in [2.24, 2.45) is 16.6 Å². The van der Waals surface area contributed by atoms with Gasteiger partial charge in [-0.3, -0.25) is 4.99 Å². The number of hydrogen-bond donors (Lipinski definition) is 1. The molecule has 10 heteroatoms. The predicted octanol–water partition coefficient (Wildman–Crippen LogP) is 3.59. The number of terminal acetylenes is 1. The van der Waals surface area contributed by atoms with Crippen LogP contribution in [-0.2, 0) is 16.7 Å². The van der Waals surface area contributed by atoms with E-state index < -0.39 is 17.2 Å². The summed E-state index contributed by atoms with van der Waals surface area (Å²) in [6.45, 7) is 2.38. The molecule has 2 N–H and O–H groups in total. The molecule has 35 heavy (non-hydrogen) atoms. The van der Waals surface area contributed by atoms with Crippen molar-refractivity contribution >= 4 is 28.0 Å². The molecule has 180 valence electrons. The highest BCUT2D eigenvalue weighted by atomic mass is 32.2. The zero-order valence-electron chi connectivity index (χ0n) is 19.2. The van der Waals surface area contributed by atoms with Gasteiger partial charge in [-0.2, -0.15) is 0 Å². The molecule has 1 aliphatic carbocycles. The molecule has 5 rings (SSSR count). The van der Waals surface area contributed by atoms with Crippen LogP contribution in [0.2, 0.25) is 0 Å². The summed E-state index contributed by atoms with van der Waals surface area (Å²) in [6, 6.07) is 4.54. The SMILES string of the molecule is C#CCOc1cnc2c(Cc3cc(F)c(F)c([C@@]4(C)N=C(N)S[C@@]5(COC)C[C@H]54)c3)ncnc2c1. The number of aromatic nitrogens is 3. The molecule has 3 aromatic rings. The van der Waals surface area contributed by atoms with E-state index in [9.17, 15) is 4.39 Å². The lowest BCUT2D eigenvalue weighted by Crippen LogP contribution is -2.38. The maximum absolute atomic E-state index is 15.2. The highest BCUT2D eigenvalue weighted by Gasteiger charge is 2.66. The van der Waals surface area contributed by atoms with Gasteiger partial charge in [-0.15, -0.1) is 6.42 Å². The van der Waals surface area contributed by atoms with Gasteiger partial charge in [0.2, 0.25) is 0 Å². The van der Waals surface area contributed by atoms with Gasteiger partial charge < -0.3 is 15.2 Å². The second kappa shape index (κ2) is 8.73. The maximum atomic E-state index is 15.2. The predicted molar refractivity (Wildman–Crippen MR) is 130 cm³/mol. The van der Waals surface area contributed by atoms with Crippen LogP contribution in [0.15, 0.2) is 35.7 Å². The fourth-order valence-electron chi connectivity index (χ4n) is 4.95. The lowest BCUT2D eigenvalue weighted by molar-refractivity contribution is 0.184. The Morgan fingerprint density at radius 2 is 2.09 bits per heavy atom. The van der Waals surface area contributed by atoms with Crippen molar-refractivity contribution in [3.8, 4) is 18.1 Å². The Hall–Kier alpha value is -3.29. The highest BCUT2D eigenvalue weighted by molar-refractivity contribution is 8.15. The first-order valence-electron chi connectivity index (χ1n) is 11.0. The van der Waals surface area contributed by atoms with E-state index in [0.29, 0.717) is 39.8 Å². The number of halogens is 2. The number of thioether (sulfide) groups is 1. The first-order valence-corrected chi connectivity index (χ1v) is 11.8. The minimum atomic E-state index is -1.01. The van der Waals surface area contributed by atoms with Crippen molar-refractivity contribution in [1.29, 1.82) is 0 Å². The van der Waals surface area contributed by atoms with Crippen molar-refractivity contribution in [2.45, 2.75) is 30.1 Å². The summed E-state index contributed by atoms with van der Waals surface area (Å²) in [5, 5.41) is 0.345. The second-order valence-electron chi connectivity index (χ2n) is 8.92. The van der Waals surface area contributed by atoms with Crippen molar-refractivity contribution < 1.29 is 18.3 Å². The van der Waals surface area contributed by atoms with E-state index in [2.05, 4.69) is 25.9 Å². The number of amidine groups is 1. The monoisotopic (exact) mass is 495 g/mol. The smallest absolute Gasteiger partial charge is 0.164 e. The van der Waals surface area contributed by atoms with E-state index in [-0.39, 0.29) is 29.3 Å². The van der Waals surface area contributed by atoms with Crippen LogP contribution in [0.25, 0.3) is 11.0 Å². The molecule has 0 unspecified atom stereocenters. The lowest BCUT2D eigenvalue weighted by Gasteiger charge is -2.34. The fourth-order valence-corrected chi connectivity index (χ4v) is 6.40. The van der Waals surface area contributed by atoms with Crippen molar-refractivity contribution in [3.63, 3.8) is 0 Å². The molecule has 3 heterocycles. The summed E-state index contributed by atoms with van der Waals surface area (Å²) in [6.07, 6.45) is 9.14. The Bertz CT molecular complexity index is 1390. The molecule has 3 atom stereocenters. The molecule has 0 radical (unpaired) electrons. The number of aliphatic imine (C=N–C) groups is 1. The molecule has 0 bridgehead atoms. The summed E-state index contributed by atoms with van der Waals surface area (Å²) in [5.41, 5.74) is 7.51. The number of methoxy groups -OCH3 is 1. The first kappa shape index (κ1) is 23.5. The van der Waals surface area contributed by atoms with Gasteiger partial charge in [0, 0.05) is 31.1 Å². The Labute approximate surface area is 205 Å². The highest BCUT2D eigenvalue weighted by Crippen LogP contribution is 2.66. The standard InChI is InChI=1S/C25H23F2N5O2S/c1-4-5-34-15-9-19-22(29-11-15)18(30-13-31-19)8-14-6-16(21(27)17(26)7-14)24(2)20-10-25(20,12-33-3)35-23(28)32-24/h1,6-7,9,11,13,20H,5,8,10,12H2,2-3H3,(H2,28,32)/t20-,24+,25+/m0/s1. The quantitative estimate of drug-likeness (QED) is 0.501. The van der Waals surface area contributed by atoms with Gasteiger partial charge in [0.1, 0.15) is 24.2 Å². The average Bonchev–Trinajstić information content (AvgIpc) is 3.54. The third kappa shape index (κ3) is 4.09. The topological polar surface area (TPSA) is 95.5 Å². The van der Waals surface area contributed by atoms with Crippen LogP contribution in [0.5, 0.6) is 5.75 Å². The van der Waals surface area contributed by atoms with Crippen LogP contribution in [-0.4, -0.2) is 45.2 Å². The van der Waals surface area contributed by atoms with Crippen molar-refractivity contribution in [2.75, 3.05) is 20.3 Å². The van der Waals surface area contributed by atoms with E-state index in [1.165, 1.54) is 30.4 Å². The molecule has 0 spiro atoms. The van der Waals surface area contributed by atoms with E-state index in [1.54, 1.807) is 19.2 Å². The molecule has 0 amide bonds. The summed E-state index contributed by atoms with van der Waals surface area (Å²) in [7, 11) is 1.62. The Kier molecular flexibility index (Phi) is 5.85. The molecule has 1 aliphatic heterocycles. The Morgan fingerprint density at radius 3 is 2.86 bits per heavy atom. The van der Waals surface area contributed by atoms with Gasteiger partial charge in [-0.1, -0.05) is 17.7 Å². The number of fused-ring (bicyclic) bond motifs is 2. The van der Waals surface area contributed by atoms with Crippen LogP contribution >= 0.6 is 11.8 Å². The van der Waals surface area contributed by atoms with Crippen LogP contribution in [0, 0.1) is 29.9 Å². The molecule has 2 aromatic heterocycles. The largest absolute Gasteiger partial charge is 0.479 e. The van der Waals surface area contributed by atoms with E-state index >= 15 is 4.39 Å². The van der Waals surface area contributed by atoms with E-state index in [1.807, 2.05) is 6.92 Å². The number of hydrogen-bond acceptors (Lipinski definition) is 8. The average molecular weight is 496 g/mol. The van der Waals surface area contributed by atoms with Crippen LogP contribution < -0.4 is 10.5 Å². The molecule has 1 fully saturated rings. The van der Waals surface area contributed by atoms with E-state index in [0.717, 1.165) is 6.42 Å². The molecular formula is C25H23F2N5O2S. The number of nitrogens with zero attached hydrogens (tertiary/aromatic N) is 4. The normalized spacial score (nSPS) is 25.0. The van der Waals surface area contributed by atoms with Crippen molar-refractivity contribution in [3.05, 3.63) is 59.2 Å². The second-order valence-corrected chi connectivity index (χ2v) is 10.4. The molecule has 0 saturated heterocycles. The number of nitrogens with two attached hydrogens (primary N) is 1. The zero-order chi connectivity index (χ0) is 24.8. The Balaban J connectivity index is 1.52. The lowest BCUT2D eigenvalue weighted by atomic mass is 9.84. The molecular weight excluding hydrogens is 472 g/mol. The maximum Gasteiger partial charge on any atom is 0.164 e. The summed E-state index contributed by atoms with van der Waals surface area (Å²) in [4.78, 5) is 17.6. The zero-order valence-corrected chi connectivity index (χ0v) is 20.0. The van der Waals surface area contributed by atoms with E-state index in [4.69, 9.17) is 21.6 Å². The first-order chi connectivity index (χ1) is 16.8. The minimum Gasteiger partial charge on any atom is -0.479 e. The number of rotatable bonds is 7. The number of pyridine rings is 1. The number of benzene rings is 1. The van der Waals surface area contributed by atoms with Gasteiger partial charge in [0.15, 0.2) is 16.8 Å². The van der Waals surface area contributed by atoms with Crippen LogP contribution in [0.4, 0.5) is 8.78 Å². The van der Waals surface area contributed by atoms with Gasteiger partial charge in [-0.05, 0) is 31.0 Å². The summed E-state index contributed by atoms with van der Waals surface area (Å²) < 4.78 is 40.6. The van der Waals surface area contributed by atoms with Gasteiger partial charge >= 0.3 is 0 Å².